The van der Waals surface area contributed by atoms with E-state index in [1.807, 2.05) is 53.9 Å². The van der Waals surface area contributed by atoms with Crippen LogP contribution >= 0.6 is 11.3 Å². The van der Waals surface area contributed by atoms with Crippen LogP contribution in [0.2, 0.25) is 0 Å². The average molecular weight is 402 g/mol. The van der Waals surface area contributed by atoms with Gasteiger partial charge in [-0.1, -0.05) is 24.3 Å². The molecule has 0 aliphatic carbocycles. The van der Waals surface area contributed by atoms with Gasteiger partial charge in [0.15, 0.2) is 0 Å². The Morgan fingerprint density at radius 1 is 0.964 bits per heavy atom. The first kappa shape index (κ1) is 19.3. The van der Waals surface area contributed by atoms with Crippen LogP contribution in [-0.2, 0) is 11.3 Å². The Hall–Kier alpha value is -2.00. The van der Waals surface area contributed by atoms with Crippen LogP contribution in [0.4, 0.5) is 0 Å². The Bertz CT molecular complexity index is 925. The number of rotatable bonds is 5. The number of hydrogen-bond acceptors (Lipinski definition) is 7. The molecule has 148 valence electrons. The monoisotopic (exact) mass is 402 g/mol. The molecule has 0 amide bonds. The van der Waals surface area contributed by atoms with Crippen molar-refractivity contribution >= 4 is 21.4 Å². The van der Waals surface area contributed by atoms with Gasteiger partial charge in [0.05, 0.1) is 6.61 Å². The number of para-hydroxylation sites is 1. The van der Waals surface area contributed by atoms with E-state index in [1.165, 1.54) is 0 Å². The first-order chi connectivity index (χ1) is 13.6. The number of thiophene rings is 1. The molecule has 7 heteroatoms. The van der Waals surface area contributed by atoms with Crippen molar-refractivity contribution in [3.63, 3.8) is 0 Å². The molecular weight excluding hydrogens is 380 g/mol. The van der Waals surface area contributed by atoms with E-state index in [-0.39, 0.29) is 0 Å². The fourth-order valence-electron chi connectivity index (χ4n) is 3.44. The molecule has 0 spiro atoms. The Morgan fingerprint density at radius 3 is 2.50 bits per heavy atom. The van der Waals surface area contributed by atoms with Crippen molar-refractivity contribution in [3.05, 3.63) is 65.0 Å². The van der Waals surface area contributed by atoms with Crippen molar-refractivity contribution in [1.29, 1.82) is 0 Å². The number of aliphatic hydroxyl groups excluding tert-OH is 4. The van der Waals surface area contributed by atoms with Crippen molar-refractivity contribution in [3.8, 4) is 5.75 Å². The van der Waals surface area contributed by atoms with Gasteiger partial charge >= 0.3 is 0 Å². The lowest BCUT2D eigenvalue weighted by Gasteiger charge is -2.40. The Balaban J connectivity index is 1.60. The van der Waals surface area contributed by atoms with Gasteiger partial charge in [0.2, 0.25) is 0 Å². The van der Waals surface area contributed by atoms with Gasteiger partial charge in [-0.05, 0) is 40.6 Å². The van der Waals surface area contributed by atoms with Gasteiger partial charge in [0.25, 0.3) is 0 Å². The third-order valence-corrected chi connectivity index (χ3v) is 6.05. The fraction of sp³-hybridized carbons (Fsp3) is 0.333. The summed E-state index contributed by atoms with van der Waals surface area (Å²) in [6.07, 6.45) is -5.82. The summed E-state index contributed by atoms with van der Waals surface area (Å²) in [5, 5.41) is 42.8. The van der Waals surface area contributed by atoms with Gasteiger partial charge in [0, 0.05) is 10.3 Å². The molecule has 2 heterocycles. The normalized spacial score (nSPS) is 27.8. The van der Waals surface area contributed by atoms with Crippen molar-refractivity contribution in [2.75, 3.05) is 6.61 Å². The highest BCUT2D eigenvalue weighted by Crippen LogP contribution is 2.36. The average Bonchev–Trinajstić information content (AvgIpc) is 3.14. The Kier molecular flexibility index (Phi) is 5.63. The van der Waals surface area contributed by atoms with Gasteiger partial charge in [0.1, 0.15) is 42.9 Å². The molecule has 5 atom stereocenters. The lowest BCUT2D eigenvalue weighted by atomic mass is 9.91. The number of ether oxygens (including phenoxy) is 2. The Labute approximate surface area is 166 Å². The highest BCUT2D eigenvalue weighted by Gasteiger charge is 2.43. The number of benzene rings is 2. The lowest BCUT2D eigenvalue weighted by molar-refractivity contribution is -0.231. The zero-order valence-electron chi connectivity index (χ0n) is 15.0. The van der Waals surface area contributed by atoms with Gasteiger partial charge in [-0.15, -0.1) is 11.3 Å². The van der Waals surface area contributed by atoms with Crippen LogP contribution in [0, 0.1) is 0 Å². The maximum absolute atomic E-state index is 10.4. The molecule has 2 aromatic carbocycles. The minimum Gasteiger partial charge on any atom is -0.489 e. The summed E-state index contributed by atoms with van der Waals surface area (Å²) in [6, 6.07) is 15.2. The van der Waals surface area contributed by atoms with Crippen LogP contribution in [0.1, 0.15) is 17.2 Å². The summed E-state index contributed by atoms with van der Waals surface area (Å²) in [7, 11) is 0. The summed E-state index contributed by atoms with van der Waals surface area (Å²) >= 11 is 1.60. The van der Waals surface area contributed by atoms with E-state index >= 15 is 0 Å². The predicted molar refractivity (Wildman–Crippen MR) is 105 cm³/mol. The maximum atomic E-state index is 10.4. The van der Waals surface area contributed by atoms with Crippen LogP contribution in [0.25, 0.3) is 10.1 Å². The molecule has 4 rings (SSSR count). The van der Waals surface area contributed by atoms with Crippen molar-refractivity contribution in [2.45, 2.75) is 37.1 Å². The molecule has 0 saturated carbocycles. The minimum atomic E-state index is -1.39. The first-order valence-corrected chi connectivity index (χ1v) is 9.95. The summed E-state index contributed by atoms with van der Waals surface area (Å²) in [6.45, 7) is -0.0412. The molecular formula is C21H22O6S. The van der Waals surface area contributed by atoms with Crippen LogP contribution in [0.5, 0.6) is 5.75 Å². The third-order valence-electron chi connectivity index (χ3n) is 5.04. The SMILES string of the molecule is OC[C@H]1O[C@@H](c2ccc3scc(COc4ccccc4)c3c2)[C@H](O)[C@@H](O)[C@@H]1O. The molecule has 6 nitrogen and oxygen atoms in total. The van der Waals surface area contributed by atoms with E-state index in [0.29, 0.717) is 12.2 Å². The molecule has 4 N–H and O–H groups in total. The molecule has 1 fully saturated rings. The van der Waals surface area contributed by atoms with Gasteiger partial charge in [-0.25, -0.2) is 0 Å². The van der Waals surface area contributed by atoms with E-state index in [9.17, 15) is 20.4 Å². The minimum absolute atomic E-state index is 0.405. The molecule has 1 saturated heterocycles. The lowest BCUT2D eigenvalue weighted by Crippen LogP contribution is -2.55. The molecule has 1 aliphatic rings. The number of aliphatic hydroxyl groups is 4. The smallest absolute Gasteiger partial charge is 0.119 e. The van der Waals surface area contributed by atoms with Gasteiger partial charge < -0.3 is 29.9 Å². The second kappa shape index (κ2) is 8.16. The zero-order valence-corrected chi connectivity index (χ0v) is 15.8. The van der Waals surface area contributed by atoms with Crippen molar-refractivity contribution < 1.29 is 29.9 Å². The quantitative estimate of drug-likeness (QED) is 0.521. The number of hydrogen-bond donors (Lipinski definition) is 4. The van der Waals surface area contributed by atoms with Gasteiger partial charge in [-0.3, -0.25) is 0 Å². The third kappa shape index (κ3) is 3.65. The van der Waals surface area contributed by atoms with E-state index in [1.54, 1.807) is 11.3 Å². The van der Waals surface area contributed by atoms with Crippen molar-refractivity contribution in [1.82, 2.24) is 0 Å². The standard InChI is InChI=1S/C21H22O6S/c22-9-16-18(23)19(24)20(25)21(27-16)12-6-7-17-15(8-12)13(11-28-17)10-26-14-4-2-1-3-5-14/h1-8,11,16,18-25H,9-10H2/t16-,18-,19+,20-,21+/m1/s1. The number of fused-ring (bicyclic) bond motifs is 1. The van der Waals surface area contributed by atoms with E-state index in [4.69, 9.17) is 9.47 Å². The van der Waals surface area contributed by atoms with E-state index in [0.717, 1.165) is 21.4 Å². The summed E-state index contributed by atoms with van der Waals surface area (Å²) in [5.41, 5.74) is 1.68. The first-order valence-electron chi connectivity index (χ1n) is 9.07. The molecule has 3 aromatic rings. The summed E-state index contributed by atoms with van der Waals surface area (Å²) in [4.78, 5) is 0. The van der Waals surface area contributed by atoms with E-state index in [2.05, 4.69) is 0 Å². The molecule has 1 aromatic heterocycles. The Morgan fingerprint density at radius 2 is 1.75 bits per heavy atom. The highest BCUT2D eigenvalue weighted by atomic mass is 32.1. The molecule has 0 bridgehead atoms. The maximum Gasteiger partial charge on any atom is 0.119 e. The molecule has 0 unspecified atom stereocenters. The second-order valence-electron chi connectivity index (χ2n) is 6.87. The largest absolute Gasteiger partial charge is 0.489 e. The van der Waals surface area contributed by atoms with Crippen LogP contribution in [0.15, 0.2) is 53.9 Å². The van der Waals surface area contributed by atoms with Crippen molar-refractivity contribution in [2.24, 2.45) is 0 Å². The predicted octanol–water partition coefficient (Wildman–Crippen LogP) is 2.00. The van der Waals surface area contributed by atoms with Crippen LogP contribution < -0.4 is 4.74 Å². The molecule has 28 heavy (non-hydrogen) atoms. The second-order valence-corrected chi connectivity index (χ2v) is 7.78. The highest BCUT2D eigenvalue weighted by molar-refractivity contribution is 7.17. The molecule has 1 aliphatic heterocycles. The van der Waals surface area contributed by atoms with Crippen LogP contribution in [0.3, 0.4) is 0 Å². The summed E-state index contributed by atoms with van der Waals surface area (Å²) in [5.74, 6) is 0.784. The summed E-state index contributed by atoms with van der Waals surface area (Å²) < 4.78 is 12.6. The van der Waals surface area contributed by atoms with E-state index < -0.39 is 37.1 Å². The zero-order chi connectivity index (χ0) is 19.7. The topological polar surface area (TPSA) is 99.4 Å². The molecule has 0 radical (unpaired) electrons. The fourth-order valence-corrected chi connectivity index (χ4v) is 4.37. The van der Waals surface area contributed by atoms with Crippen LogP contribution in [-0.4, -0.2) is 51.4 Å². The van der Waals surface area contributed by atoms with Gasteiger partial charge in [-0.2, -0.15) is 0 Å².